The normalized spacial score (nSPS) is 17.5. The van der Waals surface area contributed by atoms with Gasteiger partial charge in [0.1, 0.15) is 0 Å². The number of nitrogens with zero attached hydrogens (tertiary/aromatic N) is 4. The van der Waals surface area contributed by atoms with Gasteiger partial charge in [-0.25, -0.2) is 4.68 Å². The molecule has 1 aliphatic carbocycles. The quantitative estimate of drug-likeness (QED) is 0.871. The number of nitrogen functional groups attached to an aromatic ring is 1. The maximum Gasteiger partial charge on any atom is 0.184 e. The average Bonchev–Trinajstić information content (AvgIpc) is 3.11. The van der Waals surface area contributed by atoms with E-state index in [1.807, 2.05) is 29.8 Å². The Morgan fingerprint density at radius 1 is 1.30 bits per heavy atom. The van der Waals surface area contributed by atoms with E-state index >= 15 is 0 Å². The fraction of sp³-hybridized carbons (Fsp3) is 0.533. The molecule has 0 bridgehead atoms. The second kappa shape index (κ2) is 5.23. The molecule has 1 saturated carbocycles. The van der Waals surface area contributed by atoms with E-state index in [4.69, 9.17) is 5.73 Å². The van der Waals surface area contributed by atoms with Gasteiger partial charge in [0.15, 0.2) is 5.82 Å². The van der Waals surface area contributed by atoms with Gasteiger partial charge in [-0.05, 0) is 54.7 Å². The summed E-state index contributed by atoms with van der Waals surface area (Å²) >= 11 is 0. The third-order valence-electron chi connectivity index (χ3n) is 4.53. The minimum absolute atomic E-state index is 0.322. The first-order valence-electron chi connectivity index (χ1n) is 7.32. The van der Waals surface area contributed by atoms with Crippen molar-refractivity contribution in [3.63, 3.8) is 0 Å². The number of hydrogen-bond acceptors (Lipinski definition) is 4. The Balaban J connectivity index is 1.99. The number of aryl methyl sites for hydroxylation is 1. The zero-order valence-corrected chi connectivity index (χ0v) is 12.1. The van der Waals surface area contributed by atoms with Crippen molar-refractivity contribution in [1.29, 1.82) is 0 Å². The largest absolute Gasteiger partial charge is 0.398 e. The van der Waals surface area contributed by atoms with Crippen molar-refractivity contribution in [3.05, 3.63) is 23.8 Å². The van der Waals surface area contributed by atoms with Crippen LogP contribution < -0.4 is 5.73 Å². The summed E-state index contributed by atoms with van der Waals surface area (Å²) in [5.41, 5.74) is 8.94. The Kier molecular flexibility index (Phi) is 3.42. The van der Waals surface area contributed by atoms with Crippen LogP contribution in [0.25, 0.3) is 11.4 Å². The summed E-state index contributed by atoms with van der Waals surface area (Å²) in [5, 5.41) is 12.3. The van der Waals surface area contributed by atoms with Gasteiger partial charge in [-0.1, -0.05) is 25.0 Å². The van der Waals surface area contributed by atoms with Crippen LogP contribution in [-0.2, 0) is 0 Å². The van der Waals surface area contributed by atoms with Gasteiger partial charge >= 0.3 is 0 Å². The first-order chi connectivity index (χ1) is 9.68. The molecule has 0 aliphatic heterocycles. The zero-order valence-electron chi connectivity index (χ0n) is 12.1. The van der Waals surface area contributed by atoms with Crippen LogP contribution in [0.15, 0.2) is 18.2 Å². The summed E-state index contributed by atoms with van der Waals surface area (Å²) in [6.07, 6.45) is 5.17. The van der Waals surface area contributed by atoms with E-state index in [0.29, 0.717) is 12.0 Å². The summed E-state index contributed by atoms with van der Waals surface area (Å²) in [5.74, 6) is 1.45. The molecular formula is C15H21N5. The second-order valence-electron chi connectivity index (χ2n) is 5.77. The fourth-order valence-electron chi connectivity index (χ4n) is 3.16. The van der Waals surface area contributed by atoms with Crippen molar-refractivity contribution < 1.29 is 0 Å². The topological polar surface area (TPSA) is 69.6 Å². The van der Waals surface area contributed by atoms with Gasteiger partial charge in [-0.15, -0.1) is 5.10 Å². The van der Waals surface area contributed by atoms with Crippen LogP contribution >= 0.6 is 0 Å². The van der Waals surface area contributed by atoms with Crippen molar-refractivity contribution in [3.8, 4) is 11.4 Å². The Labute approximate surface area is 119 Å². The third kappa shape index (κ3) is 2.17. The Morgan fingerprint density at radius 2 is 2.05 bits per heavy atom. The van der Waals surface area contributed by atoms with Crippen LogP contribution in [0.4, 0.5) is 5.69 Å². The maximum absolute atomic E-state index is 6.19. The predicted octanol–water partition coefficient (Wildman–Crippen LogP) is 2.98. The van der Waals surface area contributed by atoms with Gasteiger partial charge in [-0.2, -0.15) is 0 Å². The average molecular weight is 271 g/mol. The van der Waals surface area contributed by atoms with E-state index in [9.17, 15) is 0 Å². The molecule has 0 spiro atoms. The van der Waals surface area contributed by atoms with Crippen molar-refractivity contribution in [1.82, 2.24) is 20.2 Å². The van der Waals surface area contributed by atoms with Gasteiger partial charge in [0.05, 0.1) is 6.04 Å². The summed E-state index contributed by atoms with van der Waals surface area (Å²) in [6.45, 7) is 4.22. The maximum atomic E-state index is 6.19. The molecule has 0 radical (unpaired) electrons. The lowest BCUT2D eigenvalue weighted by Crippen LogP contribution is -2.17. The first-order valence-corrected chi connectivity index (χ1v) is 7.32. The van der Waals surface area contributed by atoms with E-state index in [1.165, 1.54) is 25.7 Å². The number of hydrogen-bond donors (Lipinski definition) is 1. The number of nitrogens with two attached hydrogens (primary N) is 1. The molecule has 1 aliphatic rings. The van der Waals surface area contributed by atoms with Gasteiger partial charge in [0.25, 0.3) is 0 Å². The van der Waals surface area contributed by atoms with Crippen molar-refractivity contribution in [2.45, 2.75) is 45.6 Å². The molecule has 2 aromatic rings. The van der Waals surface area contributed by atoms with Gasteiger partial charge < -0.3 is 5.73 Å². The molecule has 2 N–H and O–H groups in total. The van der Waals surface area contributed by atoms with E-state index in [1.54, 1.807) is 0 Å². The Bertz CT molecular complexity index is 598. The fourth-order valence-corrected chi connectivity index (χ4v) is 3.16. The van der Waals surface area contributed by atoms with Crippen molar-refractivity contribution >= 4 is 5.69 Å². The highest BCUT2D eigenvalue weighted by molar-refractivity contribution is 5.74. The van der Waals surface area contributed by atoms with Crippen LogP contribution in [0, 0.1) is 12.8 Å². The highest BCUT2D eigenvalue weighted by atomic mass is 15.5. The molecule has 106 valence electrons. The Morgan fingerprint density at radius 3 is 2.80 bits per heavy atom. The SMILES string of the molecule is Cc1cccc(-c2nnnn2C(C)C2CCCC2)c1N. The lowest BCUT2D eigenvalue weighted by atomic mass is 9.99. The van der Waals surface area contributed by atoms with Crippen LogP contribution in [0.3, 0.4) is 0 Å². The lowest BCUT2D eigenvalue weighted by molar-refractivity contribution is 0.332. The molecule has 1 unspecified atom stereocenters. The molecule has 3 rings (SSSR count). The molecule has 1 aromatic heterocycles. The summed E-state index contributed by atoms with van der Waals surface area (Å²) in [7, 11) is 0. The standard InChI is InChI=1S/C15H21N5/c1-10-6-5-9-13(14(10)16)15-17-18-19-20(15)11(2)12-7-3-4-8-12/h5-6,9,11-12H,3-4,7-8,16H2,1-2H3. The molecule has 1 atom stereocenters. The number of aromatic nitrogens is 4. The first kappa shape index (κ1) is 13.1. The summed E-state index contributed by atoms with van der Waals surface area (Å²) in [6, 6.07) is 6.32. The predicted molar refractivity (Wildman–Crippen MR) is 79.1 cm³/mol. The van der Waals surface area contributed by atoms with Crippen molar-refractivity contribution in [2.75, 3.05) is 5.73 Å². The summed E-state index contributed by atoms with van der Waals surface area (Å²) < 4.78 is 1.95. The van der Waals surface area contributed by atoms with E-state index in [0.717, 1.165) is 22.6 Å². The number of para-hydroxylation sites is 1. The smallest absolute Gasteiger partial charge is 0.184 e. The number of anilines is 1. The van der Waals surface area contributed by atoms with Gasteiger partial charge in [-0.3, -0.25) is 0 Å². The Hall–Kier alpha value is -1.91. The monoisotopic (exact) mass is 271 g/mol. The highest BCUT2D eigenvalue weighted by Gasteiger charge is 2.26. The van der Waals surface area contributed by atoms with E-state index in [-0.39, 0.29) is 0 Å². The van der Waals surface area contributed by atoms with Crippen LogP contribution in [-0.4, -0.2) is 20.2 Å². The van der Waals surface area contributed by atoms with Crippen molar-refractivity contribution in [2.24, 2.45) is 5.92 Å². The summed E-state index contributed by atoms with van der Waals surface area (Å²) in [4.78, 5) is 0. The van der Waals surface area contributed by atoms with Gasteiger partial charge in [0, 0.05) is 11.3 Å². The molecule has 5 nitrogen and oxygen atoms in total. The van der Waals surface area contributed by atoms with E-state index in [2.05, 4.69) is 22.4 Å². The van der Waals surface area contributed by atoms with E-state index < -0.39 is 0 Å². The zero-order chi connectivity index (χ0) is 14.1. The number of benzene rings is 1. The molecule has 0 amide bonds. The lowest BCUT2D eigenvalue weighted by Gasteiger charge is -2.20. The molecule has 1 heterocycles. The van der Waals surface area contributed by atoms with Crippen LogP contribution in [0.5, 0.6) is 0 Å². The van der Waals surface area contributed by atoms with Crippen LogP contribution in [0.1, 0.15) is 44.2 Å². The highest BCUT2D eigenvalue weighted by Crippen LogP contribution is 2.36. The minimum Gasteiger partial charge on any atom is -0.398 e. The molecular weight excluding hydrogens is 250 g/mol. The number of rotatable bonds is 3. The molecule has 20 heavy (non-hydrogen) atoms. The molecule has 0 saturated heterocycles. The van der Waals surface area contributed by atoms with Crippen LogP contribution in [0.2, 0.25) is 0 Å². The second-order valence-corrected chi connectivity index (χ2v) is 5.77. The number of tetrazole rings is 1. The molecule has 1 fully saturated rings. The molecule has 1 aromatic carbocycles. The minimum atomic E-state index is 0.322. The van der Waals surface area contributed by atoms with Gasteiger partial charge in [0.2, 0.25) is 0 Å². The third-order valence-corrected chi connectivity index (χ3v) is 4.53. The molecule has 5 heteroatoms.